The summed E-state index contributed by atoms with van der Waals surface area (Å²) in [5.74, 6) is 0.692. The van der Waals surface area contributed by atoms with Gasteiger partial charge in [-0.2, -0.15) is 5.26 Å². The summed E-state index contributed by atoms with van der Waals surface area (Å²) in [7, 11) is 2.14. The molecule has 2 rings (SSSR count). The normalized spacial score (nSPS) is 15.4. The lowest BCUT2D eigenvalue weighted by Crippen LogP contribution is -2.39. The molecule has 0 unspecified atom stereocenters. The molecule has 0 saturated heterocycles. The van der Waals surface area contributed by atoms with Crippen molar-refractivity contribution in [3.05, 3.63) is 29.8 Å². The van der Waals surface area contributed by atoms with E-state index in [1.54, 1.807) is 6.07 Å². The summed E-state index contributed by atoms with van der Waals surface area (Å²) in [6.45, 7) is 1.57. The molecule has 0 heterocycles. The van der Waals surface area contributed by atoms with Crippen molar-refractivity contribution in [2.24, 2.45) is 0 Å². The summed E-state index contributed by atoms with van der Waals surface area (Å²) >= 11 is 0. The second-order valence-corrected chi connectivity index (χ2v) is 4.52. The van der Waals surface area contributed by atoms with Crippen LogP contribution in [0.5, 0.6) is 5.75 Å². The van der Waals surface area contributed by atoms with Crippen LogP contribution in [0.4, 0.5) is 0 Å². The molecule has 0 atom stereocenters. The van der Waals surface area contributed by atoms with E-state index in [4.69, 9.17) is 10.00 Å². The van der Waals surface area contributed by atoms with Crippen molar-refractivity contribution in [2.75, 3.05) is 20.2 Å². The Hall–Kier alpha value is -1.53. The lowest BCUT2D eigenvalue weighted by Gasteiger charge is -2.34. The van der Waals surface area contributed by atoms with Gasteiger partial charge in [0.15, 0.2) is 0 Å². The Kier molecular flexibility index (Phi) is 4.00. The van der Waals surface area contributed by atoms with Crippen molar-refractivity contribution in [3.8, 4) is 11.8 Å². The minimum Gasteiger partial charge on any atom is -0.491 e. The zero-order valence-corrected chi connectivity index (χ0v) is 10.2. The molecule has 3 nitrogen and oxygen atoms in total. The number of ether oxygens (including phenoxy) is 1. The molecule has 90 valence electrons. The second-order valence-electron chi connectivity index (χ2n) is 4.52. The van der Waals surface area contributed by atoms with E-state index in [0.717, 1.165) is 12.6 Å². The van der Waals surface area contributed by atoms with Crippen molar-refractivity contribution >= 4 is 0 Å². The minimum absolute atomic E-state index is 0.610. The molecule has 0 radical (unpaired) electrons. The topological polar surface area (TPSA) is 36.3 Å². The summed E-state index contributed by atoms with van der Waals surface area (Å²) in [5, 5.41) is 8.92. The number of para-hydroxylation sites is 1. The molecule has 3 heteroatoms. The van der Waals surface area contributed by atoms with Crippen LogP contribution in [0.2, 0.25) is 0 Å². The third-order valence-corrected chi connectivity index (χ3v) is 3.41. The Bertz CT molecular complexity index is 407. The van der Waals surface area contributed by atoms with E-state index < -0.39 is 0 Å². The third-order valence-electron chi connectivity index (χ3n) is 3.41. The highest BCUT2D eigenvalue weighted by atomic mass is 16.5. The largest absolute Gasteiger partial charge is 0.491 e. The SMILES string of the molecule is CN(CCOc1ccccc1C#N)C1CCC1. The number of nitriles is 1. The maximum absolute atomic E-state index is 8.92. The molecule has 1 aliphatic rings. The molecule has 0 spiro atoms. The van der Waals surface area contributed by atoms with Crippen LogP contribution in [-0.4, -0.2) is 31.1 Å². The van der Waals surface area contributed by atoms with Crippen molar-refractivity contribution in [1.29, 1.82) is 5.26 Å². The number of benzene rings is 1. The number of likely N-dealkylation sites (N-methyl/N-ethyl adjacent to an activating group) is 1. The first-order valence-corrected chi connectivity index (χ1v) is 6.13. The fourth-order valence-corrected chi connectivity index (χ4v) is 1.99. The van der Waals surface area contributed by atoms with Crippen LogP contribution >= 0.6 is 0 Å². The quantitative estimate of drug-likeness (QED) is 0.779. The van der Waals surface area contributed by atoms with Crippen LogP contribution in [0.1, 0.15) is 24.8 Å². The van der Waals surface area contributed by atoms with Crippen LogP contribution < -0.4 is 4.74 Å². The smallest absolute Gasteiger partial charge is 0.137 e. The zero-order valence-electron chi connectivity index (χ0n) is 10.2. The molecular formula is C14H18N2O. The first-order valence-electron chi connectivity index (χ1n) is 6.13. The highest BCUT2D eigenvalue weighted by Crippen LogP contribution is 2.23. The summed E-state index contributed by atoms with van der Waals surface area (Å²) in [6.07, 6.45) is 3.98. The van der Waals surface area contributed by atoms with Gasteiger partial charge in [-0.25, -0.2) is 0 Å². The Morgan fingerprint density at radius 3 is 2.82 bits per heavy atom. The Morgan fingerprint density at radius 1 is 1.41 bits per heavy atom. The van der Waals surface area contributed by atoms with Gasteiger partial charge in [-0.1, -0.05) is 18.6 Å². The van der Waals surface area contributed by atoms with Crippen molar-refractivity contribution in [3.63, 3.8) is 0 Å². The van der Waals surface area contributed by atoms with Gasteiger partial charge in [-0.15, -0.1) is 0 Å². The lowest BCUT2D eigenvalue weighted by atomic mass is 9.92. The van der Waals surface area contributed by atoms with E-state index in [-0.39, 0.29) is 0 Å². The van der Waals surface area contributed by atoms with Gasteiger partial charge in [0.05, 0.1) is 5.56 Å². The average molecular weight is 230 g/mol. The summed E-state index contributed by atoms with van der Waals surface area (Å²) in [6, 6.07) is 10.3. The van der Waals surface area contributed by atoms with E-state index in [0.29, 0.717) is 17.9 Å². The van der Waals surface area contributed by atoms with E-state index in [2.05, 4.69) is 18.0 Å². The molecule has 0 aromatic heterocycles. The third kappa shape index (κ3) is 2.98. The highest BCUT2D eigenvalue weighted by Gasteiger charge is 2.21. The first-order chi connectivity index (χ1) is 8.31. The molecule has 0 N–H and O–H groups in total. The lowest BCUT2D eigenvalue weighted by molar-refractivity contribution is 0.135. The summed E-state index contributed by atoms with van der Waals surface area (Å²) in [4.78, 5) is 2.35. The van der Waals surface area contributed by atoms with Gasteiger partial charge in [0.25, 0.3) is 0 Å². The minimum atomic E-state index is 0.610. The number of hydrogen-bond acceptors (Lipinski definition) is 3. The molecule has 1 saturated carbocycles. The van der Waals surface area contributed by atoms with Crippen molar-refractivity contribution in [1.82, 2.24) is 4.90 Å². The molecule has 0 bridgehead atoms. The maximum atomic E-state index is 8.92. The molecule has 17 heavy (non-hydrogen) atoms. The molecule has 1 aliphatic carbocycles. The maximum Gasteiger partial charge on any atom is 0.137 e. The molecule has 1 aromatic rings. The van der Waals surface area contributed by atoms with E-state index in [9.17, 15) is 0 Å². The highest BCUT2D eigenvalue weighted by molar-refractivity contribution is 5.42. The Labute approximate surface area is 103 Å². The van der Waals surface area contributed by atoms with Crippen LogP contribution in [0, 0.1) is 11.3 Å². The van der Waals surface area contributed by atoms with Gasteiger partial charge in [0, 0.05) is 12.6 Å². The van der Waals surface area contributed by atoms with Gasteiger partial charge in [-0.05, 0) is 32.0 Å². The second kappa shape index (κ2) is 5.70. The van der Waals surface area contributed by atoms with E-state index in [1.165, 1.54) is 19.3 Å². The van der Waals surface area contributed by atoms with Gasteiger partial charge >= 0.3 is 0 Å². The van der Waals surface area contributed by atoms with Crippen molar-refractivity contribution in [2.45, 2.75) is 25.3 Å². The first kappa shape index (κ1) is 11.9. The van der Waals surface area contributed by atoms with Crippen LogP contribution in [0.3, 0.4) is 0 Å². The van der Waals surface area contributed by atoms with Crippen LogP contribution in [0.15, 0.2) is 24.3 Å². The van der Waals surface area contributed by atoms with Gasteiger partial charge < -0.3 is 9.64 Å². The van der Waals surface area contributed by atoms with Gasteiger partial charge in [0.1, 0.15) is 18.4 Å². The summed E-state index contributed by atoms with van der Waals surface area (Å²) < 4.78 is 5.65. The fourth-order valence-electron chi connectivity index (χ4n) is 1.99. The molecule has 0 aliphatic heterocycles. The zero-order chi connectivity index (χ0) is 12.1. The Balaban J connectivity index is 1.79. The predicted octanol–water partition coefficient (Wildman–Crippen LogP) is 2.42. The standard InChI is InChI=1S/C14H18N2O/c1-16(13-6-4-7-13)9-10-17-14-8-3-2-5-12(14)11-15/h2-3,5,8,13H,4,6-7,9-10H2,1H3. The Morgan fingerprint density at radius 2 is 2.18 bits per heavy atom. The molecule has 1 aromatic carbocycles. The number of nitrogens with zero attached hydrogens (tertiary/aromatic N) is 2. The fraction of sp³-hybridized carbons (Fsp3) is 0.500. The molecule has 0 amide bonds. The number of rotatable bonds is 5. The summed E-state index contributed by atoms with van der Waals surface area (Å²) in [5.41, 5.74) is 0.610. The molecule has 1 fully saturated rings. The molecular weight excluding hydrogens is 212 g/mol. The van der Waals surface area contributed by atoms with Gasteiger partial charge in [0.2, 0.25) is 0 Å². The van der Waals surface area contributed by atoms with E-state index in [1.807, 2.05) is 18.2 Å². The number of hydrogen-bond donors (Lipinski definition) is 0. The van der Waals surface area contributed by atoms with Gasteiger partial charge in [-0.3, -0.25) is 0 Å². The average Bonchev–Trinajstić information content (AvgIpc) is 2.27. The monoisotopic (exact) mass is 230 g/mol. The van der Waals surface area contributed by atoms with Crippen molar-refractivity contribution < 1.29 is 4.74 Å². The predicted molar refractivity (Wildman–Crippen MR) is 66.9 cm³/mol. The van der Waals surface area contributed by atoms with E-state index >= 15 is 0 Å². The van der Waals surface area contributed by atoms with Crippen LogP contribution in [-0.2, 0) is 0 Å². The van der Waals surface area contributed by atoms with Crippen LogP contribution in [0.25, 0.3) is 0 Å².